The normalized spacial score (nSPS) is 10.5. The van der Waals surface area contributed by atoms with Crippen LogP contribution in [0.3, 0.4) is 0 Å². The van der Waals surface area contributed by atoms with Gasteiger partial charge >= 0.3 is 11.8 Å². The minimum absolute atomic E-state index is 0.170. The van der Waals surface area contributed by atoms with E-state index in [1.807, 2.05) is 13.8 Å². The Hall–Kier alpha value is -1.59. The molecule has 21 heavy (non-hydrogen) atoms. The molecule has 2 N–H and O–H groups in total. The van der Waals surface area contributed by atoms with Crippen LogP contribution in [0, 0.1) is 0 Å². The van der Waals surface area contributed by atoms with Crippen molar-refractivity contribution in [2.75, 3.05) is 13.2 Å². The van der Waals surface area contributed by atoms with E-state index in [-0.39, 0.29) is 6.10 Å². The van der Waals surface area contributed by atoms with E-state index in [4.69, 9.17) is 16.3 Å². The van der Waals surface area contributed by atoms with Gasteiger partial charge in [-0.15, -0.1) is 0 Å². The molecule has 5 nitrogen and oxygen atoms in total. The number of halogens is 1. The number of amides is 2. The van der Waals surface area contributed by atoms with E-state index >= 15 is 0 Å². The van der Waals surface area contributed by atoms with Crippen LogP contribution in [0.15, 0.2) is 24.3 Å². The van der Waals surface area contributed by atoms with E-state index in [9.17, 15) is 9.59 Å². The minimum atomic E-state index is -0.644. The second-order valence-electron chi connectivity index (χ2n) is 4.84. The molecule has 6 heteroatoms. The van der Waals surface area contributed by atoms with Crippen molar-refractivity contribution in [3.63, 3.8) is 0 Å². The Morgan fingerprint density at radius 2 is 1.76 bits per heavy atom. The second-order valence-corrected chi connectivity index (χ2v) is 5.27. The Morgan fingerprint density at radius 3 is 2.38 bits per heavy atom. The molecule has 1 aromatic rings. The second kappa shape index (κ2) is 9.37. The molecule has 0 fully saturated rings. The van der Waals surface area contributed by atoms with Crippen molar-refractivity contribution in [2.45, 2.75) is 32.9 Å². The molecule has 0 aliphatic rings. The summed E-state index contributed by atoms with van der Waals surface area (Å²) < 4.78 is 5.34. The number of hydrogen-bond acceptors (Lipinski definition) is 3. The summed E-state index contributed by atoms with van der Waals surface area (Å²) in [7, 11) is 0. The molecule has 0 aliphatic heterocycles. The highest BCUT2D eigenvalue weighted by atomic mass is 35.5. The van der Waals surface area contributed by atoms with Crippen LogP contribution in [-0.2, 0) is 20.9 Å². The van der Waals surface area contributed by atoms with E-state index in [0.29, 0.717) is 31.1 Å². The molecule has 1 aromatic carbocycles. The van der Waals surface area contributed by atoms with Crippen LogP contribution in [0.1, 0.15) is 25.8 Å². The van der Waals surface area contributed by atoms with Gasteiger partial charge in [0, 0.05) is 24.7 Å². The van der Waals surface area contributed by atoms with Gasteiger partial charge in [0.25, 0.3) is 0 Å². The third-order valence-corrected chi connectivity index (χ3v) is 2.88. The maximum absolute atomic E-state index is 11.6. The molecule has 1 rings (SSSR count). The van der Waals surface area contributed by atoms with Gasteiger partial charge in [0.2, 0.25) is 0 Å². The molecule has 0 heterocycles. The number of nitrogens with one attached hydrogen (secondary N) is 2. The zero-order valence-electron chi connectivity index (χ0n) is 12.3. The van der Waals surface area contributed by atoms with Gasteiger partial charge in [0.15, 0.2) is 0 Å². The highest BCUT2D eigenvalue weighted by molar-refractivity contribution is 6.35. The number of benzene rings is 1. The topological polar surface area (TPSA) is 67.4 Å². The monoisotopic (exact) mass is 312 g/mol. The predicted octanol–water partition coefficient (Wildman–Crippen LogP) is 1.89. The molecule has 0 saturated heterocycles. The molecule has 0 aromatic heterocycles. The SMILES string of the molecule is CC(C)OCCCNC(=O)C(=O)NCc1ccc(Cl)cc1. The van der Waals surface area contributed by atoms with Crippen LogP contribution in [-0.4, -0.2) is 31.1 Å². The lowest BCUT2D eigenvalue weighted by molar-refractivity contribution is -0.139. The summed E-state index contributed by atoms with van der Waals surface area (Å²) in [5.41, 5.74) is 0.880. The number of carbonyl (C=O) groups is 2. The van der Waals surface area contributed by atoms with E-state index in [1.54, 1.807) is 24.3 Å². The van der Waals surface area contributed by atoms with Crippen LogP contribution >= 0.6 is 11.6 Å². The van der Waals surface area contributed by atoms with Crippen LogP contribution in [0.25, 0.3) is 0 Å². The van der Waals surface area contributed by atoms with E-state index in [1.165, 1.54) is 0 Å². The minimum Gasteiger partial charge on any atom is -0.379 e. The fraction of sp³-hybridized carbons (Fsp3) is 0.467. The summed E-state index contributed by atoms with van der Waals surface area (Å²) in [6.45, 7) is 5.16. The third-order valence-electron chi connectivity index (χ3n) is 2.63. The standard InChI is InChI=1S/C15H21ClN2O3/c1-11(2)21-9-3-8-17-14(19)15(20)18-10-12-4-6-13(16)7-5-12/h4-7,11H,3,8-10H2,1-2H3,(H,17,19)(H,18,20). The smallest absolute Gasteiger partial charge is 0.309 e. The molecule has 0 saturated carbocycles. The van der Waals surface area contributed by atoms with E-state index in [0.717, 1.165) is 5.56 Å². The van der Waals surface area contributed by atoms with Gasteiger partial charge in [-0.1, -0.05) is 23.7 Å². The predicted molar refractivity (Wildman–Crippen MR) is 82.0 cm³/mol. The van der Waals surface area contributed by atoms with Crippen molar-refractivity contribution < 1.29 is 14.3 Å². The highest BCUT2D eigenvalue weighted by Gasteiger charge is 2.11. The lowest BCUT2D eigenvalue weighted by Crippen LogP contribution is -2.40. The maximum Gasteiger partial charge on any atom is 0.309 e. The molecular weight excluding hydrogens is 292 g/mol. The lowest BCUT2D eigenvalue weighted by Gasteiger charge is -2.08. The van der Waals surface area contributed by atoms with E-state index in [2.05, 4.69) is 10.6 Å². The van der Waals surface area contributed by atoms with Crippen molar-refractivity contribution in [1.29, 1.82) is 0 Å². The Bertz CT molecular complexity index is 460. The van der Waals surface area contributed by atoms with Gasteiger partial charge in [-0.25, -0.2) is 0 Å². The lowest BCUT2D eigenvalue weighted by atomic mass is 10.2. The van der Waals surface area contributed by atoms with Crippen LogP contribution in [0.4, 0.5) is 0 Å². The number of hydrogen-bond donors (Lipinski definition) is 2. The number of ether oxygens (including phenoxy) is 1. The largest absolute Gasteiger partial charge is 0.379 e. The fourth-order valence-electron chi connectivity index (χ4n) is 1.54. The van der Waals surface area contributed by atoms with Crippen molar-refractivity contribution in [2.24, 2.45) is 0 Å². The quantitative estimate of drug-likeness (QED) is 0.597. The zero-order valence-corrected chi connectivity index (χ0v) is 13.1. The van der Waals surface area contributed by atoms with Crippen LogP contribution < -0.4 is 10.6 Å². The van der Waals surface area contributed by atoms with Crippen molar-refractivity contribution in [3.8, 4) is 0 Å². The summed E-state index contributed by atoms with van der Waals surface area (Å²) in [6, 6.07) is 7.06. The Balaban J connectivity index is 2.19. The average Bonchev–Trinajstić information content (AvgIpc) is 2.45. The third kappa shape index (κ3) is 7.68. The van der Waals surface area contributed by atoms with Crippen molar-refractivity contribution >= 4 is 23.4 Å². The first kappa shape index (κ1) is 17.5. The van der Waals surface area contributed by atoms with E-state index < -0.39 is 11.8 Å². The first-order valence-corrected chi connectivity index (χ1v) is 7.29. The summed E-state index contributed by atoms with van der Waals surface area (Å²) in [6.07, 6.45) is 0.845. The molecule has 116 valence electrons. The summed E-state index contributed by atoms with van der Waals surface area (Å²) in [5, 5.41) is 5.73. The molecule has 0 unspecified atom stereocenters. The summed E-state index contributed by atoms with van der Waals surface area (Å²) in [5.74, 6) is -1.27. The fourth-order valence-corrected chi connectivity index (χ4v) is 1.66. The van der Waals surface area contributed by atoms with Gasteiger partial charge in [0.1, 0.15) is 0 Å². The molecule has 0 aliphatic carbocycles. The van der Waals surface area contributed by atoms with Gasteiger partial charge in [-0.05, 0) is 38.0 Å². The molecular formula is C15H21ClN2O3. The zero-order chi connectivity index (χ0) is 15.7. The average molecular weight is 313 g/mol. The Kier molecular flexibility index (Phi) is 7.79. The molecule has 0 spiro atoms. The summed E-state index contributed by atoms with van der Waals surface area (Å²) in [4.78, 5) is 23.1. The number of rotatable bonds is 7. The molecule has 0 bridgehead atoms. The molecule has 2 amide bonds. The van der Waals surface area contributed by atoms with Crippen LogP contribution in [0.5, 0.6) is 0 Å². The van der Waals surface area contributed by atoms with Crippen molar-refractivity contribution in [1.82, 2.24) is 10.6 Å². The van der Waals surface area contributed by atoms with Gasteiger partial charge in [-0.2, -0.15) is 0 Å². The van der Waals surface area contributed by atoms with Gasteiger partial charge < -0.3 is 15.4 Å². The maximum atomic E-state index is 11.6. The first-order chi connectivity index (χ1) is 9.99. The summed E-state index contributed by atoms with van der Waals surface area (Å²) >= 11 is 5.77. The van der Waals surface area contributed by atoms with Crippen LogP contribution in [0.2, 0.25) is 5.02 Å². The highest BCUT2D eigenvalue weighted by Crippen LogP contribution is 2.08. The van der Waals surface area contributed by atoms with Gasteiger partial charge in [0.05, 0.1) is 6.10 Å². The Morgan fingerprint density at radius 1 is 1.14 bits per heavy atom. The van der Waals surface area contributed by atoms with Crippen molar-refractivity contribution in [3.05, 3.63) is 34.9 Å². The Labute approximate surface area is 130 Å². The number of carbonyl (C=O) groups excluding carboxylic acids is 2. The van der Waals surface area contributed by atoms with Gasteiger partial charge in [-0.3, -0.25) is 9.59 Å². The molecule has 0 atom stereocenters. The first-order valence-electron chi connectivity index (χ1n) is 6.91. The molecule has 0 radical (unpaired) electrons.